The summed E-state index contributed by atoms with van der Waals surface area (Å²) in [5.74, 6) is 2.24. The molecule has 1 saturated carbocycles. The van der Waals surface area contributed by atoms with Crippen molar-refractivity contribution in [1.29, 1.82) is 0 Å². The fraction of sp³-hybridized carbons (Fsp3) is 0.207. The van der Waals surface area contributed by atoms with Gasteiger partial charge in [-0.25, -0.2) is 19.3 Å². The average Bonchev–Trinajstić information content (AvgIpc) is 3.47. The summed E-state index contributed by atoms with van der Waals surface area (Å²) in [5, 5.41) is 9.53. The Morgan fingerprint density at radius 2 is 1.80 bits per heavy atom. The van der Waals surface area contributed by atoms with Crippen molar-refractivity contribution in [2.24, 2.45) is 0 Å². The van der Waals surface area contributed by atoms with Gasteiger partial charge >= 0.3 is 0 Å². The predicted molar refractivity (Wildman–Crippen MR) is 151 cm³/mol. The minimum Gasteiger partial charge on any atom is -0.351 e. The van der Waals surface area contributed by atoms with Crippen molar-refractivity contribution in [3.05, 3.63) is 96.0 Å². The molecular weight excluding hydrogens is 509 g/mol. The van der Waals surface area contributed by atoms with E-state index in [1.165, 1.54) is 0 Å². The highest BCUT2D eigenvalue weighted by Gasteiger charge is 2.22. The van der Waals surface area contributed by atoms with E-state index in [0.717, 1.165) is 29.9 Å². The van der Waals surface area contributed by atoms with E-state index in [-0.39, 0.29) is 5.91 Å². The largest absolute Gasteiger partial charge is 0.351 e. The lowest BCUT2D eigenvalue weighted by atomic mass is 10.1. The van der Waals surface area contributed by atoms with Crippen molar-refractivity contribution in [1.82, 2.24) is 29.1 Å². The van der Waals surface area contributed by atoms with Gasteiger partial charge in [0.15, 0.2) is 0 Å². The van der Waals surface area contributed by atoms with Crippen LogP contribution in [0.15, 0.2) is 73.4 Å². The fourth-order valence-corrected chi connectivity index (χ4v) is 4.40. The average molecular weight is 538 g/mol. The number of aromatic nitrogens is 6. The Hall–Kier alpha value is -5.06. The van der Waals surface area contributed by atoms with Crippen molar-refractivity contribution < 1.29 is 9.18 Å². The lowest BCUT2D eigenvalue weighted by Crippen LogP contribution is -2.13. The summed E-state index contributed by atoms with van der Waals surface area (Å²) in [4.78, 5) is 30.8. The van der Waals surface area contributed by atoms with E-state index in [4.69, 9.17) is 0 Å². The molecule has 3 N–H and O–H groups in total. The maximum atomic E-state index is 13.9. The lowest BCUT2D eigenvalue weighted by molar-refractivity contribution is 0.102. The molecule has 3 heterocycles. The molecule has 0 aliphatic heterocycles. The van der Waals surface area contributed by atoms with Gasteiger partial charge in [-0.3, -0.25) is 9.36 Å². The monoisotopic (exact) mass is 537 g/mol. The number of imidazole rings is 2. The van der Waals surface area contributed by atoms with Gasteiger partial charge in [-0.15, -0.1) is 0 Å². The SMILES string of the molecule is Cc1ccc(C(=O)Nc2ccc(-n3ccnc3C)c(CF)c2)cc1Nc1nccn1-c1ccnc(NC2CC2)n1. The molecule has 6 rings (SSSR count). The molecular formula is C29H28FN9O. The number of halogens is 1. The molecule has 1 aliphatic rings. The van der Waals surface area contributed by atoms with Crippen molar-refractivity contribution in [2.75, 3.05) is 16.0 Å². The second kappa shape index (κ2) is 10.6. The van der Waals surface area contributed by atoms with Crippen LogP contribution in [-0.2, 0) is 6.67 Å². The molecule has 0 spiro atoms. The summed E-state index contributed by atoms with van der Waals surface area (Å²) in [6, 6.07) is 12.8. The van der Waals surface area contributed by atoms with Crippen LogP contribution in [0.25, 0.3) is 11.5 Å². The second-order valence-electron chi connectivity index (χ2n) is 9.71. The van der Waals surface area contributed by atoms with Crippen LogP contribution in [0.2, 0.25) is 0 Å². The van der Waals surface area contributed by atoms with E-state index in [2.05, 4.69) is 35.9 Å². The van der Waals surface area contributed by atoms with Crippen LogP contribution in [0.4, 0.5) is 27.7 Å². The molecule has 0 unspecified atom stereocenters. The van der Waals surface area contributed by atoms with Gasteiger partial charge in [0.1, 0.15) is 18.3 Å². The zero-order chi connectivity index (χ0) is 27.6. The lowest BCUT2D eigenvalue weighted by Gasteiger charge is -2.14. The maximum absolute atomic E-state index is 13.9. The second-order valence-corrected chi connectivity index (χ2v) is 9.71. The Kier molecular flexibility index (Phi) is 6.69. The topological polar surface area (TPSA) is 115 Å². The summed E-state index contributed by atoms with van der Waals surface area (Å²) in [6.07, 6.45) is 10.9. The van der Waals surface area contributed by atoms with Crippen LogP contribution in [0.5, 0.6) is 0 Å². The molecule has 11 heteroatoms. The third-order valence-electron chi connectivity index (χ3n) is 6.75. The molecule has 40 heavy (non-hydrogen) atoms. The number of rotatable bonds is 9. The van der Waals surface area contributed by atoms with E-state index < -0.39 is 6.67 Å². The first kappa shape index (κ1) is 25.2. The first-order valence-corrected chi connectivity index (χ1v) is 13.0. The minimum atomic E-state index is -0.674. The molecule has 0 bridgehead atoms. The van der Waals surface area contributed by atoms with Crippen LogP contribution < -0.4 is 16.0 Å². The highest BCUT2D eigenvalue weighted by Crippen LogP contribution is 2.26. The van der Waals surface area contributed by atoms with E-state index in [9.17, 15) is 9.18 Å². The summed E-state index contributed by atoms with van der Waals surface area (Å²) in [5.41, 5.74) is 3.75. The number of carbonyl (C=O) groups is 1. The normalized spacial score (nSPS) is 12.8. The molecule has 1 fully saturated rings. The molecule has 0 atom stereocenters. The molecule has 0 saturated heterocycles. The van der Waals surface area contributed by atoms with Crippen molar-refractivity contribution in [2.45, 2.75) is 39.4 Å². The quantitative estimate of drug-likeness (QED) is 0.227. The highest BCUT2D eigenvalue weighted by atomic mass is 19.1. The van der Waals surface area contributed by atoms with Crippen LogP contribution >= 0.6 is 0 Å². The zero-order valence-electron chi connectivity index (χ0n) is 22.1. The predicted octanol–water partition coefficient (Wildman–Crippen LogP) is 5.50. The molecule has 5 aromatic rings. The van der Waals surface area contributed by atoms with Crippen LogP contribution in [-0.4, -0.2) is 41.0 Å². The minimum absolute atomic E-state index is 0.311. The Balaban J connectivity index is 1.21. The van der Waals surface area contributed by atoms with E-state index in [1.54, 1.807) is 55.1 Å². The van der Waals surface area contributed by atoms with E-state index in [0.29, 0.717) is 46.3 Å². The van der Waals surface area contributed by atoms with Crippen LogP contribution in [0, 0.1) is 13.8 Å². The van der Waals surface area contributed by atoms with E-state index in [1.807, 2.05) is 41.3 Å². The van der Waals surface area contributed by atoms with Gasteiger partial charge in [-0.05, 0) is 68.7 Å². The van der Waals surface area contributed by atoms with Crippen LogP contribution in [0.1, 0.15) is 40.2 Å². The first-order chi connectivity index (χ1) is 19.5. The Morgan fingerprint density at radius 1 is 0.975 bits per heavy atom. The number of nitrogens with one attached hydrogen (secondary N) is 3. The molecule has 1 amide bonds. The number of anilines is 4. The summed E-state index contributed by atoms with van der Waals surface area (Å²) in [6.45, 7) is 3.13. The molecule has 3 aromatic heterocycles. The number of aryl methyl sites for hydroxylation is 2. The van der Waals surface area contributed by atoms with Crippen molar-refractivity contribution >= 4 is 29.2 Å². The molecule has 2 aromatic carbocycles. The standard InChI is InChI=1S/C29H28FN9O/c1-18-3-4-20(27(40)34-23-7-8-25(21(15-23)17-30)38-13-11-31-19(38)2)16-24(18)36-29-33-12-14-39(29)26-9-10-32-28(37-26)35-22-5-6-22/h3-4,7-16,22H,5-6,17H2,1-2H3,(H,33,36)(H,34,40)(H,32,35,37). The number of hydrogen-bond acceptors (Lipinski definition) is 7. The van der Waals surface area contributed by atoms with Gasteiger partial charge in [0.25, 0.3) is 5.91 Å². The molecule has 1 aliphatic carbocycles. The maximum Gasteiger partial charge on any atom is 0.255 e. The van der Waals surface area contributed by atoms with Gasteiger partial charge < -0.3 is 20.5 Å². The number of alkyl halides is 1. The molecule has 202 valence electrons. The van der Waals surface area contributed by atoms with Crippen molar-refractivity contribution in [3.8, 4) is 11.5 Å². The number of benzene rings is 2. The molecule has 0 radical (unpaired) electrons. The number of nitrogens with zero attached hydrogens (tertiary/aromatic N) is 6. The van der Waals surface area contributed by atoms with Gasteiger partial charge in [0.2, 0.25) is 11.9 Å². The number of amides is 1. The Morgan fingerprint density at radius 3 is 2.58 bits per heavy atom. The highest BCUT2D eigenvalue weighted by molar-refractivity contribution is 6.05. The van der Waals surface area contributed by atoms with Crippen molar-refractivity contribution in [3.63, 3.8) is 0 Å². The van der Waals surface area contributed by atoms with Gasteiger partial charge in [0.05, 0.1) is 5.69 Å². The third-order valence-corrected chi connectivity index (χ3v) is 6.75. The Bertz CT molecular complexity index is 1690. The smallest absolute Gasteiger partial charge is 0.255 e. The van der Waals surface area contributed by atoms with Crippen LogP contribution in [0.3, 0.4) is 0 Å². The summed E-state index contributed by atoms with van der Waals surface area (Å²) >= 11 is 0. The van der Waals surface area contributed by atoms with E-state index >= 15 is 0 Å². The summed E-state index contributed by atoms with van der Waals surface area (Å²) in [7, 11) is 0. The first-order valence-electron chi connectivity index (χ1n) is 13.0. The number of carbonyl (C=O) groups excluding carboxylic acids is 1. The van der Waals surface area contributed by atoms with Gasteiger partial charge in [-0.2, -0.15) is 4.98 Å². The summed E-state index contributed by atoms with van der Waals surface area (Å²) < 4.78 is 17.5. The Labute approximate surface area is 230 Å². The zero-order valence-corrected chi connectivity index (χ0v) is 22.1. The van der Waals surface area contributed by atoms with Gasteiger partial charge in [0, 0.05) is 59.5 Å². The number of hydrogen-bond donors (Lipinski definition) is 3. The fourth-order valence-electron chi connectivity index (χ4n) is 4.40. The third kappa shape index (κ3) is 5.26. The van der Waals surface area contributed by atoms with Gasteiger partial charge in [-0.1, -0.05) is 6.07 Å². The molecule has 10 nitrogen and oxygen atoms in total.